The Morgan fingerprint density at radius 3 is 2.64 bits per heavy atom. The lowest BCUT2D eigenvalue weighted by Gasteiger charge is -2.25. The molecule has 2 N–H and O–H groups in total. The van der Waals surface area contributed by atoms with Crippen molar-refractivity contribution in [1.29, 1.82) is 0 Å². The quantitative estimate of drug-likeness (QED) is 0.565. The molecule has 0 aliphatic carbocycles. The topological polar surface area (TPSA) is 57.5 Å². The number of carboxylic acids is 1. The first-order chi connectivity index (χ1) is 9.34. The SMILES string of the molecule is [2H]C([2H])([2H])[N+](C([2H])([2H])[2H])(C([2H])([2H])[2H])C([2H])([2H])[C@@H](O)CC(=O)O. The van der Waals surface area contributed by atoms with Gasteiger partial charge in [0.1, 0.15) is 12.6 Å². The van der Waals surface area contributed by atoms with Crippen molar-refractivity contribution < 1.29 is 34.6 Å². The van der Waals surface area contributed by atoms with Gasteiger partial charge < -0.3 is 14.7 Å². The van der Waals surface area contributed by atoms with Gasteiger partial charge in [-0.25, -0.2) is 0 Å². The van der Waals surface area contributed by atoms with E-state index in [0.717, 1.165) is 0 Å². The van der Waals surface area contributed by atoms with Gasteiger partial charge in [-0.2, -0.15) is 0 Å². The van der Waals surface area contributed by atoms with Crippen LogP contribution >= 0.6 is 0 Å². The van der Waals surface area contributed by atoms with Gasteiger partial charge in [0.05, 0.1) is 42.4 Å². The molecule has 0 heterocycles. The Balaban J connectivity index is 6.61. The summed E-state index contributed by atoms with van der Waals surface area (Å²) in [6, 6.07) is 0. The van der Waals surface area contributed by atoms with Crippen LogP contribution in [0.3, 0.4) is 0 Å². The summed E-state index contributed by atoms with van der Waals surface area (Å²) in [4.78, 5) is 10.6. The molecule has 11 heavy (non-hydrogen) atoms. The van der Waals surface area contributed by atoms with Gasteiger partial charge in [0.25, 0.3) is 0 Å². The highest BCUT2D eigenvalue weighted by Gasteiger charge is 2.17. The van der Waals surface area contributed by atoms with Gasteiger partial charge in [-0.15, -0.1) is 0 Å². The highest BCUT2D eigenvalue weighted by Crippen LogP contribution is 1.98. The molecule has 0 aromatic rings. The molecule has 66 valence electrons. The Kier molecular flexibility index (Phi) is 0.738. The second-order valence-electron chi connectivity index (χ2n) is 1.91. The lowest BCUT2D eigenvalue weighted by Crippen LogP contribution is -2.42. The molecular weight excluding hydrogens is 146 g/mol. The Morgan fingerprint density at radius 1 is 1.73 bits per heavy atom. The molecule has 0 saturated heterocycles. The monoisotopic (exact) mass is 173 g/mol. The zero-order valence-corrected chi connectivity index (χ0v) is 5.53. The van der Waals surface area contributed by atoms with E-state index in [1.165, 1.54) is 0 Å². The average Bonchev–Trinajstić information content (AvgIpc) is 2.07. The van der Waals surface area contributed by atoms with E-state index >= 15 is 0 Å². The lowest BCUT2D eigenvalue weighted by molar-refractivity contribution is -0.873. The van der Waals surface area contributed by atoms with E-state index in [9.17, 15) is 9.90 Å². The van der Waals surface area contributed by atoms with E-state index < -0.39 is 50.4 Å². The summed E-state index contributed by atoms with van der Waals surface area (Å²) in [5.41, 5.74) is 0. The summed E-state index contributed by atoms with van der Waals surface area (Å²) >= 11 is 0. The van der Waals surface area contributed by atoms with Gasteiger partial charge in [-0.05, 0) is 0 Å². The van der Waals surface area contributed by atoms with Crippen molar-refractivity contribution in [2.45, 2.75) is 12.5 Å². The maximum Gasteiger partial charge on any atom is 0.306 e. The second-order valence-corrected chi connectivity index (χ2v) is 1.91. The molecule has 0 amide bonds. The van der Waals surface area contributed by atoms with Crippen LogP contribution in [-0.2, 0) is 4.79 Å². The minimum atomic E-state index is -3.93. The fourth-order valence-electron chi connectivity index (χ4n) is 0.435. The van der Waals surface area contributed by atoms with E-state index in [4.69, 9.17) is 20.2 Å². The number of carboxylic acid groups (broad SMARTS) is 1. The maximum absolute atomic E-state index is 10.6. The summed E-state index contributed by atoms with van der Waals surface area (Å²) in [6.07, 6.45) is -4.04. The van der Waals surface area contributed by atoms with Gasteiger partial charge in [-0.3, -0.25) is 4.79 Å². The van der Waals surface area contributed by atoms with Crippen molar-refractivity contribution in [2.75, 3.05) is 27.4 Å². The third-order valence-electron chi connectivity index (χ3n) is 0.711. The molecular formula is C7H16NO3+. The molecule has 0 rings (SSSR count). The maximum atomic E-state index is 10.6. The summed E-state index contributed by atoms with van der Waals surface area (Å²) in [5, 5.41) is 18.2. The highest BCUT2D eigenvalue weighted by atomic mass is 16.4. The van der Waals surface area contributed by atoms with Gasteiger partial charge in [0.2, 0.25) is 0 Å². The van der Waals surface area contributed by atoms with Crippen molar-refractivity contribution in [3.05, 3.63) is 0 Å². The standard InChI is InChI=1S/C7H15NO3/c1-8(2,3)5-6(9)4-7(10)11/h6,9H,4-5H2,1-3H3/p+1/t6-/m0/s1/i1D3,2D3,3D3,5D2. The summed E-state index contributed by atoms with van der Waals surface area (Å²) < 4.78 is 77.6. The van der Waals surface area contributed by atoms with Crippen LogP contribution in [0.2, 0.25) is 0 Å². The zero-order valence-electron chi connectivity index (χ0n) is 16.5. The number of aliphatic hydroxyl groups is 1. The van der Waals surface area contributed by atoms with Crippen LogP contribution in [-0.4, -0.2) is 54.2 Å². The molecule has 0 aromatic carbocycles. The molecule has 4 nitrogen and oxygen atoms in total. The number of carbonyl (C=O) groups is 1. The van der Waals surface area contributed by atoms with Crippen molar-refractivity contribution in [3.63, 3.8) is 0 Å². The van der Waals surface area contributed by atoms with Gasteiger partial charge in [0, 0.05) is 0 Å². The molecule has 1 atom stereocenters. The van der Waals surface area contributed by atoms with Crippen LogP contribution in [0.1, 0.15) is 21.5 Å². The number of likely N-dealkylation sites (N-methyl/N-ethyl adjacent to an activating group) is 1. The van der Waals surface area contributed by atoms with Gasteiger partial charge >= 0.3 is 5.97 Å². The predicted molar refractivity (Wildman–Crippen MR) is 41.2 cm³/mol. The van der Waals surface area contributed by atoms with E-state index in [1.807, 2.05) is 0 Å². The zero-order chi connectivity index (χ0) is 18.4. The molecule has 4 heteroatoms. The van der Waals surface area contributed by atoms with Crippen molar-refractivity contribution in [2.24, 2.45) is 0 Å². The Morgan fingerprint density at radius 2 is 2.27 bits per heavy atom. The van der Waals surface area contributed by atoms with E-state index in [0.29, 0.717) is 0 Å². The van der Waals surface area contributed by atoms with Crippen molar-refractivity contribution in [1.82, 2.24) is 0 Å². The fraction of sp³-hybridized carbons (Fsp3) is 0.857. The normalized spacial score (nSPS) is 34.1. The molecule has 0 aliphatic heterocycles. The van der Waals surface area contributed by atoms with Crippen LogP contribution in [0.15, 0.2) is 0 Å². The third kappa shape index (κ3) is 7.29. The Hall–Kier alpha value is -0.610. The number of aliphatic hydroxyl groups excluding tert-OH is 1. The first-order valence-electron chi connectivity index (χ1n) is 8.13. The summed E-state index contributed by atoms with van der Waals surface area (Å²) in [6.45, 7) is -15.6. The molecule has 0 bridgehead atoms. The van der Waals surface area contributed by atoms with Crippen LogP contribution in [0, 0.1) is 0 Å². The van der Waals surface area contributed by atoms with Gasteiger partial charge in [-0.1, -0.05) is 0 Å². The Labute approximate surface area is 82.1 Å². The molecule has 0 radical (unpaired) electrons. The number of quaternary nitrogens is 1. The van der Waals surface area contributed by atoms with Crippen LogP contribution in [0.5, 0.6) is 0 Å². The van der Waals surface area contributed by atoms with Crippen molar-refractivity contribution in [3.8, 4) is 0 Å². The molecule has 0 aromatic heterocycles. The average molecular weight is 173 g/mol. The van der Waals surface area contributed by atoms with Crippen molar-refractivity contribution >= 4 is 5.97 Å². The predicted octanol–water partition coefficient (Wildman–Crippen LogP) is -0.472. The first-order valence-corrected chi connectivity index (χ1v) is 2.63. The van der Waals surface area contributed by atoms with Gasteiger partial charge in [0.15, 0.2) is 0 Å². The minimum absolute atomic E-state index is 1.37. The van der Waals surface area contributed by atoms with E-state index in [1.54, 1.807) is 0 Å². The fourth-order valence-corrected chi connectivity index (χ4v) is 0.435. The second kappa shape index (κ2) is 3.69. The molecule has 0 aliphatic rings. The van der Waals surface area contributed by atoms with Crippen LogP contribution in [0.4, 0.5) is 0 Å². The molecule has 0 spiro atoms. The number of hydrogen-bond acceptors (Lipinski definition) is 2. The molecule has 0 fully saturated rings. The van der Waals surface area contributed by atoms with E-state index in [2.05, 4.69) is 0 Å². The molecule has 0 unspecified atom stereocenters. The summed E-state index contributed by atoms with van der Waals surface area (Å²) in [7, 11) is 0. The number of nitrogens with zero attached hydrogens (tertiary/aromatic N) is 1. The largest absolute Gasteiger partial charge is 0.481 e. The Bertz CT molecular complexity index is 387. The van der Waals surface area contributed by atoms with E-state index in [-0.39, 0.29) is 0 Å². The number of aliphatic carboxylic acids is 1. The lowest BCUT2D eigenvalue weighted by atomic mass is 10.2. The summed E-state index contributed by atoms with van der Waals surface area (Å²) in [5.74, 6) is -1.75. The number of hydrogen-bond donors (Lipinski definition) is 2. The minimum Gasteiger partial charge on any atom is -0.481 e. The highest BCUT2D eigenvalue weighted by molar-refractivity contribution is 5.67. The van der Waals surface area contributed by atoms with Crippen LogP contribution < -0.4 is 0 Å². The van der Waals surface area contributed by atoms with Crippen LogP contribution in [0.25, 0.3) is 0 Å². The smallest absolute Gasteiger partial charge is 0.306 e. The third-order valence-corrected chi connectivity index (χ3v) is 0.711. The molecule has 0 saturated carbocycles. The number of rotatable bonds is 4. The first kappa shape index (κ1) is 2.20.